The van der Waals surface area contributed by atoms with Crippen LogP contribution in [0.5, 0.6) is 0 Å². The lowest BCUT2D eigenvalue weighted by Crippen LogP contribution is -2.08. The number of nitrogens with zero attached hydrogens (tertiary/aromatic N) is 2. The Morgan fingerprint density at radius 3 is 2.88 bits per heavy atom. The van der Waals surface area contributed by atoms with Crippen molar-refractivity contribution < 1.29 is 9.90 Å². The Bertz CT molecular complexity index is 599. The Hall–Kier alpha value is -1.88. The molecule has 17 heavy (non-hydrogen) atoms. The number of hydrogen-bond donors (Lipinski definition) is 2. The highest BCUT2D eigenvalue weighted by Crippen LogP contribution is 2.38. The van der Waals surface area contributed by atoms with Gasteiger partial charge in [0.15, 0.2) is 0 Å². The van der Waals surface area contributed by atoms with E-state index in [1.165, 1.54) is 0 Å². The number of fused-ring (bicyclic) bond motifs is 1. The van der Waals surface area contributed by atoms with Gasteiger partial charge in [-0.1, -0.05) is 6.07 Å². The summed E-state index contributed by atoms with van der Waals surface area (Å²) in [5.74, 6) is -0.834. The molecule has 1 aromatic carbocycles. The smallest absolute Gasteiger partial charge is 0.372 e. The normalized spacial score (nSPS) is 15.4. The highest BCUT2D eigenvalue weighted by Gasteiger charge is 2.30. The maximum absolute atomic E-state index is 11.2. The van der Waals surface area contributed by atoms with E-state index in [1.54, 1.807) is 0 Å². The number of rotatable bonds is 3. The van der Waals surface area contributed by atoms with Crippen molar-refractivity contribution in [1.29, 1.82) is 0 Å². The zero-order chi connectivity index (χ0) is 12.0. The van der Waals surface area contributed by atoms with Crippen LogP contribution in [0.15, 0.2) is 18.2 Å². The molecule has 1 aliphatic rings. The van der Waals surface area contributed by atoms with Crippen molar-refractivity contribution in [3.8, 4) is 0 Å². The van der Waals surface area contributed by atoms with E-state index in [4.69, 9.17) is 10.8 Å². The first-order chi connectivity index (χ1) is 8.20. The van der Waals surface area contributed by atoms with Crippen molar-refractivity contribution in [1.82, 2.24) is 9.55 Å². The minimum atomic E-state index is -0.970. The first-order valence-corrected chi connectivity index (χ1v) is 5.65. The second kappa shape index (κ2) is 3.56. The Morgan fingerprint density at radius 2 is 2.29 bits per heavy atom. The summed E-state index contributed by atoms with van der Waals surface area (Å²) in [5.41, 5.74) is 8.21. The van der Waals surface area contributed by atoms with E-state index < -0.39 is 5.97 Å². The van der Waals surface area contributed by atoms with Gasteiger partial charge in [0.1, 0.15) is 0 Å². The van der Waals surface area contributed by atoms with Gasteiger partial charge in [-0.05, 0) is 30.5 Å². The van der Waals surface area contributed by atoms with Crippen LogP contribution in [0.4, 0.5) is 0 Å². The van der Waals surface area contributed by atoms with E-state index in [0.29, 0.717) is 12.6 Å². The summed E-state index contributed by atoms with van der Waals surface area (Å²) in [6.07, 6.45) is 2.05. The average molecular weight is 231 g/mol. The number of benzene rings is 1. The molecule has 5 heteroatoms. The van der Waals surface area contributed by atoms with Crippen LogP contribution in [0.3, 0.4) is 0 Å². The van der Waals surface area contributed by atoms with Gasteiger partial charge in [-0.15, -0.1) is 0 Å². The molecule has 0 atom stereocenters. The molecular weight excluding hydrogens is 218 g/mol. The van der Waals surface area contributed by atoms with Gasteiger partial charge in [0.05, 0.1) is 11.0 Å². The van der Waals surface area contributed by atoms with Gasteiger partial charge in [0, 0.05) is 12.6 Å². The molecule has 3 N–H and O–H groups in total. The average Bonchev–Trinajstić information content (AvgIpc) is 3.08. The number of carboxylic acid groups (broad SMARTS) is 1. The lowest BCUT2D eigenvalue weighted by atomic mass is 10.2. The fourth-order valence-corrected chi connectivity index (χ4v) is 2.12. The molecular formula is C12H13N3O2. The van der Waals surface area contributed by atoms with Gasteiger partial charge < -0.3 is 15.4 Å². The van der Waals surface area contributed by atoms with Crippen LogP contribution in [0.25, 0.3) is 11.0 Å². The molecule has 5 nitrogen and oxygen atoms in total. The van der Waals surface area contributed by atoms with Crippen LogP contribution in [0.1, 0.15) is 35.1 Å². The summed E-state index contributed by atoms with van der Waals surface area (Å²) < 4.78 is 1.83. The van der Waals surface area contributed by atoms with Crippen molar-refractivity contribution in [2.75, 3.05) is 0 Å². The third-order valence-electron chi connectivity index (χ3n) is 3.09. The summed E-state index contributed by atoms with van der Waals surface area (Å²) in [5, 5.41) is 9.16. The van der Waals surface area contributed by atoms with Crippen molar-refractivity contribution in [2.24, 2.45) is 5.73 Å². The molecule has 2 aromatic rings. The number of aromatic carboxylic acids is 1. The highest BCUT2D eigenvalue weighted by atomic mass is 16.4. The number of hydrogen-bond acceptors (Lipinski definition) is 3. The Balaban J connectivity index is 2.28. The minimum Gasteiger partial charge on any atom is -0.475 e. The molecule has 0 bridgehead atoms. The van der Waals surface area contributed by atoms with Crippen LogP contribution < -0.4 is 5.73 Å². The van der Waals surface area contributed by atoms with Crippen LogP contribution in [0, 0.1) is 0 Å². The van der Waals surface area contributed by atoms with Crippen LogP contribution >= 0.6 is 0 Å². The molecule has 1 aromatic heterocycles. The predicted molar refractivity (Wildman–Crippen MR) is 62.9 cm³/mol. The fraction of sp³-hybridized carbons (Fsp3) is 0.333. The molecule has 1 heterocycles. The maximum atomic E-state index is 11.2. The Morgan fingerprint density at radius 1 is 1.53 bits per heavy atom. The SMILES string of the molecule is NCc1ccc2nc(C(=O)O)n(C3CC3)c2c1. The third kappa shape index (κ3) is 1.59. The molecule has 0 unspecified atom stereocenters. The molecule has 0 spiro atoms. The minimum absolute atomic E-state index is 0.136. The first-order valence-electron chi connectivity index (χ1n) is 5.65. The van der Waals surface area contributed by atoms with E-state index >= 15 is 0 Å². The monoisotopic (exact) mass is 231 g/mol. The van der Waals surface area contributed by atoms with E-state index in [0.717, 1.165) is 29.4 Å². The first kappa shape index (κ1) is 10.3. The van der Waals surface area contributed by atoms with Gasteiger partial charge in [0.25, 0.3) is 0 Å². The molecule has 1 aliphatic carbocycles. The van der Waals surface area contributed by atoms with Gasteiger partial charge in [-0.25, -0.2) is 9.78 Å². The van der Waals surface area contributed by atoms with Gasteiger partial charge >= 0.3 is 5.97 Å². The third-order valence-corrected chi connectivity index (χ3v) is 3.09. The molecule has 88 valence electrons. The van der Waals surface area contributed by atoms with Gasteiger partial charge in [-0.3, -0.25) is 0 Å². The molecule has 0 amide bonds. The fourth-order valence-electron chi connectivity index (χ4n) is 2.12. The molecule has 1 saturated carbocycles. The van der Waals surface area contributed by atoms with Gasteiger partial charge in [0.2, 0.25) is 5.82 Å². The second-order valence-corrected chi connectivity index (χ2v) is 4.37. The highest BCUT2D eigenvalue weighted by molar-refractivity contribution is 5.90. The van der Waals surface area contributed by atoms with Crippen LogP contribution in [-0.4, -0.2) is 20.6 Å². The number of aromatic nitrogens is 2. The predicted octanol–water partition coefficient (Wildman–Crippen LogP) is 1.53. The number of imidazole rings is 1. The zero-order valence-corrected chi connectivity index (χ0v) is 9.26. The van der Waals surface area contributed by atoms with E-state index in [1.807, 2.05) is 22.8 Å². The van der Waals surface area contributed by atoms with Crippen molar-refractivity contribution >= 4 is 17.0 Å². The molecule has 1 fully saturated rings. The number of nitrogens with two attached hydrogens (primary N) is 1. The second-order valence-electron chi connectivity index (χ2n) is 4.37. The standard InChI is InChI=1S/C12H13N3O2/c13-6-7-1-4-9-10(5-7)15(8-2-3-8)11(14-9)12(16)17/h1,4-5,8H,2-3,6,13H2,(H,16,17). The van der Waals surface area contributed by atoms with Crippen molar-refractivity contribution in [2.45, 2.75) is 25.4 Å². The van der Waals surface area contributed by atoms with Crippen LogP contribution in [0.2, 0.25) is 0 Å². The Kier molecular flexibility index (Phi) is 2.16. The van der Waals surface area contributed by atoms with Gasteiger partial charge in [-0.2, -0.15) is 0 Å². The summed E-state index contributed by atoms with van der Waals surface area (Å²) in [4.78, 5) is 15.3. The molecule has 0 aliphatic heterocycles. The van der Waals surface area contributed by atoms with Crippen LogP contribution in [-0.2, 0) is 6.54 Å². The summed E-state index contributed by atoms with van der Waals surface area (Å²) in [6.45, 7) is 0.453. The molecule has 0 radical (unpaired) electrons. The van der Waals surface area contributed by atoms with E-state index in [-0.39, 0.29) is 5.82 Å². The van der Waals surface area contributed by atoms with Crippen molar-refractivity contribution in [3.63, 3.8) is 0 Å². The largest absolute Gasteiger partial charge is 0.475 e. The van der Waals surface area contributed by atoms with E-state index in [9.17, 15) is 4.79 Å². The summed E-state index contributed by atoms with van der Waals surface area (Å²) >= 11 is 0. The Labute approximate surface area is 97.9 Å². The number of carboxylic acids is 1. The lowest BCUT2D eigenvalue weighted by Gasteiger charge is -2.04. The number of carbonyl (C=O) groups is 1. The zero-order valence-electron chi connectivity index (χ0n) is 9.26. The molecule has 0 saturated heterocycles. The summed E-state index contributed by atoms with van der Waals surface area (Å²) in [7, 11) is 0. The topological polar surface area (TPSA) is 81.1 Å². The van der Waals surface area contributed by atoms with Crippen molar-refractivity contribution in [3.05, 3.63) is 29.6 Å². The maximum Gasteiger partial charge on any atom is 0.372 e. The lowest BCUT2D eigenvalue weighted by molar-refractivity contribution is 0.0678. The summed E-state index contributed by atoms with van der Waals surface area (Å²) in [6, 6.07) is 5.95. The van der Waals surface area contributed by atoms with E-state index in [2.05, 4.69) is 4.98 Å². The molecule has 3 rings (SSSR count). The quantitative estimate of drug-likeness (QED) is 0.839.